The summed E-state index contributed by atoms with van der Waals surface area (Å²) in [5.41, 5.74) is 0.734. The number of thiol groups is 1. The molecule has 0 N–H and O–H groups in total. The Bertz CT molecular complexity index is 156. The van der Waals surface area contributed by atoms with Crippen molar-refractivity contribution in [3.8, 4) is 0 Å². The van der Waals surface area contributed by atoms with Crippen LogP contribution >= 0.6 is 12.6 Å². The van der Waals surface area contributed by atoms with Crippen molar-refractivity contribution >= 4 is 19.3 Å². The van der Waals surface area contributed by atoms with E-state index >= 15 is 0 Å². The highest BCUT2D eigenvalue weighted by Gasteiger charge is 1.77. The molecule has 0 fully saturated rings. The zero-order valence-electron chi connectivity index (χ0n) is 5.12. The van der Waals surface area contributed by atoms with Gasteiger partial charge in [0, 0.05) is 0 Å². The fourth-order valence-electron chi connectivity index (χ4n) is 0.303. The van der Waals surface area contributed by atoms with Gasteiger partial charge in [-0.25, -0.2) is 0 Å². The first-order chi connectivity index (χ1) is 4.35. The Labute approximate surface area is 60.9 Å². The zero-order valence-corrected chi connectivity index (χ0v) is 6.01. The number of hydrogen-bond acceptors (Lipinski definition) is 2. The van der Waals surface area contributed by atoms with Crippen LogP contribution in [0.5, 0.6) is 0 Å². The largest absolute Gasteiger partial charge is 0.264 e. The maximum absolute atomic E-state index is 3.89. The number of nitrogens with zero attached hydrogens (tertiary/aromatic N) is 1. The molecule has 0 rings (SSSR count). The van der Waals surface area contributed by atoms with Gasteiger partial charge in [-0.2, -0.15) is 0 Å². The molecule has 0 aromatic heterocycles. The fraction of sp³-hybridized carbons (Fsp3) is 0. The summed E-state index contributed by atoms with van der Waals surface area (Å²) in [5.74, 6) is 0. The predicted octanol–water partition coefficient (Wildman–Crippen LogP) is 2.20. The SMILES string of the molecule is C=C/C=C\C(=C\S)N=C. The quantitative estimate of drug-likeness (QED) is 0.349. The van der Waals surface area contributed by atoms with Crippen molar-refractivity contribution in [1.82, 2.24) is 0 Å². The van der Waals surface area contributed by atoms with Gasteiger partial charge in [-0.3, -0.25) is 4.99 Å². The minimum Gasteiger partial charge on any atom is -0.264 e. The topological polar surface area (TPSA) is 12.4 Å². The molecule has 0 aliphatic rings. The normalized spacial score (nSPS) is 11.9. The average Bonchev–Trinajstić information content (AvgIpc) is 1.91. The van der Waals surface area contributed by atoms with Crippen molar-refractivity contribution in [2.75, 3.05) is 0 Å². The van der Waals surface area contributed by atoms with E-state index in [1.165, 1.54) is 0 Å². The second-order valence-electron chi connectivity index (χ2n) is 1.31. The number of hydrogen-bond donors (Lipinski definition) is 1. The minimum atomic E-state index is 0.734. The van der Waals surface area contributed by atoms with Crippen molar-refractivity contribution in [2.45, 2.75) is 0 Å². The van der Waals surface area contributed by atoms with Crippen LogP contribution in [0.25, 0.3) is 0 Å². The molecule has 0 atom stereocenters. The Morgan fingerprint density at radius 1 is 1.56 bits per heavy atom. The van der Waals surface area contributed by atoms with Crippen LogP contribution in [0.15, 0.2) is 40.9 Å². The average molecular weight is 139 g/mol. The van der Waals surface area contributed by atoms with Crippen molar-refractivity contribution in [3.63, 3.8) is 0 Å². The molecule has 2 heteroatoms. The van der Waals surface area contributed by atoms with Gasteiger partial charge in [-0.1, -0.05) is 18.7 Å². The highest BCUT2D eigenvalue weighted by molar-refractivity contribution is 7.83. The predicted molar refractivity (Wildman–Crippen MR) is 46.0 cm³/mol. The number of aliphatic imine (C=N–C) groups is 1. The molecule has 0 radical (unpaired) electrons. The second-order valence-corrected chi connectivity index (χ2v) is 1.57. The smallest absolute Gasteiger partial charge is 0.0682 e. The standard InChI is InChI=1S/C7H9NS/c1-3-4-5-7(6-9)8-2/h3-6,9H,1-2H2/b5-4-,7-6-. The van der Waals surface area contributed by atoms with Gasteiger partial charge in [0.25, 0.3) is 0 Å². The highest BCUT2D eigenvalue weighted by Crippen LogP contribution is 1.98. The van der Waals surface area contributed by atoms with Crippen molar-refractivity contribution in [2.24, 2.45) is 4.99 Å². The van der Waals surface area contributed by atoms with Crippen LogP contribution < -0.4 is 0 Å². The Kier molecular flexibility index (Phi) is 4.92. The van der Waals surface area contributed by atoms with Gasteiger partial charge in [0.1, 0.15) is 0 Å². The summed E-state index contributed by atoms with van der Waals surface area (Å²) in [5, 5.41) is 1.58. The third kappa shape index (κ3) is 3.79. The van der Waals surface area contributed by atoms with E-state index in [9.17, 15) is 0 Å². The van der Waals surface area contributed by atoms with E-state index < -0.39 is 0 Å². The molecule has 0 aliphatic carbocycles. The molecule has 0 saturated carbocycles. The lowest BCUT2D eigenvalue weighted by Crippen LogP contribution is -1.64. The van der Waals surface area contributed by atoms with E-state index in [0.29, 0.717) is 0 Å². The van der Waals surface area contributed by atoms with Gasteiger partial charge in [0.2, 0.25) is 0 Å². The maximum Gasteiger partial charge on any atom is 0.0682 e. The van der Waals surface area contributed by atoms with Gasteiger partial charge in [-0.05, 0) is 18.2 Å². The van der Waals surface area contributed by atoms with E-state index in [2.05, 4.69) is 30.9 Å². The van der Waals surface area contributed by atoms with Gasteiger partial charge < -0.3 is 0 Å². The molecule has 0 aromatic carbocycles. The molecule has 0 saturated heterocycles. The van der Waals surface area contributed by atoms with Crippen LogP contribution in [-0.2, 0) is 0 Å². The first kappa shape index (κ1) is 8.24. The first-order valence-electron chi connectivity index (χ1n) is 2.45. The van der Waals surface area contributed by atoms with Gasteiger partial charge in [-0.15, -0.1) is 12.6 Å². The van der Waals surface area contributed by atoms with Crippen LogP contribution in [0.1, 0.15) is 0 Å². The van der Waals surface area contributed by atoms with E-state index in [4.69, 9.17) is 0 Å². The summed E-state index contributed by atoms with van der Waals surface area (Å²) in [4.78, 5) is 3.64. The molecule has 0 unspecified atom stereocenters. The van der Waals surface area contributed by atoms with Crippen molar-refractivity contribution < 1.29 is 0 Å². The minimum absolute atomic E-state index is 0.734. The Hall–Kier alpha value is -0.760. The zero-order chi connectivity index (χ0) is 7.11. The summed E-state index contributed by atoms with van der Waals surface area (Å²) in [6.07, 6.45) is 5.21. The van der Waals surface area contributed by atoms with E-state index in [1.807, 2.05) is 0 Å². The van der Waals surface area contributed by atoms with Crippen LogP contribution in [0.4, 0.5) is 0 Å². The van der Waals surface area contributed by atoms with Crippen LogP contribution in [-0.4, -0.2) is 6.72 Å². The molecular weight excluding hydrogens is 130 g/mol. The van der Waals surface area contributed by atoms with E-state index in [-0.39, 0.29) is 0 Å². The third-order valence-corrected chi connectivity index (χ3v) is 0.982. The lowest BCUT2D eigenvalue weighted by atomic mass is 10.4. The lowest BCUT2D eigenvalue weighted by Gasteiger charge is -1.84. The molecule has 0 aliphatic heterocycles. The summed E-state index contributed by atoms with van der Waals surface area (Å²) < 4.78 is 0. The highest BCUT2D eigenvalue weighted by atomic mass is 32.1. The summed E-state index contributed by atoms with van der Waals surface area (Å²) in [6.45, 7) is 6.83. The summed E-state index contributed by atoms with van der Waals surface area (Å²) in [6, 6.07) is 0. The summed E-state index contributed by atoms with van der Waals surface area (Å²) >= 11 is 3.89. The van der Waals surface area contributed by atoms with Gasteiger partial charge in [0.05, 0.1) is 5.70 Å². The Morgan fingerprint density at radius 2 is 2.22 bits per heavy atom. The van der Waals surface area contributed by atoms with Crippen LogP contribution in [0, 0.1) is 0 Å². The molecule has 48 valence electrons. The molecule has 0 heterocycles. The Balaban J connectivity index is 3.99. The lowest BCUT2D eigenvalue weighted by molar-refractivity contribution is 1.46. The molecule has 0 bridgehead atoms. The third-order valence-electron chi connectivity index (χ3n) is 0.718. The van der Waals surface area contributed by atoms with Crippen molar-refractivity contribution in [3.05, 3.63) is 35.9 Å². The van der Waals surface area contributed by atoms with Crippen molar-refractivity contribution in [1.29, 1.82) is 0 Å². The summed E-state index contributed by atoms with van der Waals surface area (Å²) in [7, 11) is 0. The Morgan fingerprint density at radius 3 is 2.56 bits per heavy atom. The van der Waals surface area contributed by atoms with Crippen LogP contribution in [0.3, 0.4) is 0 Å². The number of rotatable bonds is 3. The molecular formula is C7H9NS. The fourth-order valence-corrected chi connectivity index (χ4v) is 0.471. The van der Waals surface area contributed by atoms with Crippen LogP contribution in [0.2, 0.25) is 0 Å². The molecule has 0 aromatic rings. The first-order valence-corrected chi connectivity index (χ1v) is 2.97. The van der Waals surface area contributed by atoms with Gasteiger partial charge >= 0.3 is 0 Å². The molecule has 9 heavy (non-hydrogen) atoms. The monoisotopic (exact) mass is 139 g/mol. The molecule has 0 amide bonds. The second kappa shape index (κ2) is 5.38. The molecule has 0 spiro atoms. The number of allylic oxidation sites excluding steroid dienone is 3. The maximum atomic E-state index is 3.89. The molecule has 1 nitrogen and oxygen atoms in total. The van der Waals surface area contributed by atoms with E-state index in [1.54, 1.807) is 23.6 Å². The van der Waals surface area contributed by atoms with E-state index in [0.717, 1.165) is 5.70 Å². The van der Waals surface area contributed by atoms with Gasteiger partial charge in [0.15, 0.2) is 0 Å².